The molecule has 0 aliphatic carbocycles. The van der Waals surface area contributed by atoms with Crippen LogP contribution < -0.4 is 5.32 Å². The SMILES string of the molecule is O=C(Nc1nc2nccc(-c3ccccn3)n2n1)c1ccc(-n2cccn2)cc1. The van der Waals surface area contributed by atoms with Crippen molar-refractivity contribution in [2.24, 2.45) is 0 Å². The third-order valence-electron chi connectivity index (χ3n) is 4.29. The fraction of sp³-hybridized carbons (Fsp3) is 0. The molecule has 0 aliphatic rings. The predicted molar refractivity (Wildman–Crippen MR) is 106 cm³/mol. The lowest BCUT2D eigenvalue weighted by Crippen LogP contribution is -2.13. The number of nitrogens with zero attached hydrogens (tertiary/aromatic N) is 7. The van der Waals surface area contributed by atoms with Crippen LogP contribution in [0.1, 0.15) is 10.4 Å². The zero-order chi connectivity index (χ0) is 19.6. The number of rotatable bonds is 4. The molecule has 5 rings (SSSR count). The Bertz CT molecular complexity index is 1280. The van der Waals surface area contributed by atoms with Crippen LogP contribution in [0.5, 0.6) is 0 Å². The van der Waals surface area contributed by atoms with Crippen LogP contribution >= 0.6 is 0 Å². The van der Waals surface area contributed by atoms with Gasteiger partial charge in [0.2, 0.25) is 0 Å². The van der Waals surface area contributed by atoms with Crippen molar-refractivity contribution in [2.45, 2.75) is 0 Å². The molecule has 0 spiro atoms. The van der Waals surface area contributed by atoms with Crippen LogP contribution in [0, 0.1) is 0 Å². The summed E-state index contributed by atoms with van der Waals surface area (Å²) in [6.07, 6.45) is 6.87. The summed E-state index contributed by atoms with van der Waals surface area (Å²) in [7, 11) is 0. The fourth-order valence-electron chi connectivity index (χ4n) is 2.92. The second-order valence-corrected chi connectivity index (χ2v) is 6.14. The third-order valence-corrected chi connectivity index (χ3v) is 4.29. The molecule has 0 aliphatic heterocycles. The molecule has 0 fully saturated rings. The number of hydrogen-bond donors (Lipinski definition) is 1. The highest BCUT2D eigenvalue weighted by atomic mass is 16.1. The van der Waals surface area contributed by atoms with E-state index in [1.165, 1.54) is 0 Å². The highest BCUT2D eigenvalue weighted by Crippen LogP contribution is 2.17. The zero-order valence-electron chi connectivity index (χ0n) is 15.0. The van der Waals surface area contributed by atoms with E-state index in [2.05, 4.69) is 30.5 Å². The lowest BCUT2D eigenvalue weighted by molar-refractivity contribution is 0.102. The average Bonchev–Trinajstić information content (AvgIpc) is 3.44. The molecule has 29 heavy (non-hydrogen) atoms. The average molecular weight is 382 g/mol. The van der Waals surface area contributed by atoms with Crippen LogP contribution in [0.4, 0.5) is 5.95 Å². The molecule has 4 aromatic heterocycles. The van der Waals surface area contributed by atoms with Gasteiger partial charge in [0.25, 0.3) is 17.6 Å². The summed E-state index contributed by atoms with van der Waals surface area (Å²) in [5.74, 6) is 0.229. The van der Waals surface area contributed by atoms with Crippen molar-refractivity contribution in [1.29, 1.82) is 0 Å². The van der Waals surface area contributed by atoms with E-state index in [0.717, 1.165) is 17.1 Å². The van der Waals surface area contributed by atoms with Crippen molar-refractivity contribution in [3.63, 3.8) is 0 Å². The molecule has 0 bridgehead atoms. The Balaban J connectivity index is 1.41. The minimum absolute atomic E-state index is 0.169. The minimum Gasteiger partial charge on any atom is -0.289 e. The van der Waals surface area contributed by atoms with Gasteiger partial charge >= 0.3 is 0 Å². The molecule has 9 nitrogen and oxygen atoms in total. The zero-order valence-corrected chi connectivity index (χ0v) is 15.0. The molecule has 0 saturated carbocycles. The summed E-state index contributed by atoms with van der Waals surface area (Å²) in [4.78, 5) is 25.4. The van der Waals surface area contributed by atoms with Crippen molar-refractivity contribution >= 4 is 17.6 Å². The maximum atomic E-state index is 12.6. The number of benzene rings is 1. The molecule has 0 radical (unpaired) electrons. The quantitative estimate of drug-likeness (QED) is 0.513. The number of nitrogens with one attached hydrogen (secondary N) is 1. The minimum atomic E-state index is -0.313. The van der Waals surface area contributed by atoms with Crippen LogP contribution in [0.2, 0.25) is 0 Å². The summed E-state index contributed by atoms with van der Waals surface area (Å²) in [6.45, 7) is 0. The Morgan fingerprint density at radius 3 is 2.55 bits per heavy atom. The highest BCUT2D eigenvalue weighted by Gasteiger charge is 2.14. The van der Waals surface area contributed by atoms with E-state index in [0.29, 0.717) is 11.3 Å². The molecule has 9 heteroatoms. The Morgan fingerprint density at radius 1 is 0.897 bits per heavy atom. The molecule has 5 aromatic rings. The molecular weight excluding hydrogens is 368 g/mol. The number of amides is 1. The number of pyridine rings is 1. The van der Waals surface area contributed by atoms with Crippen LogP contribution in [-0.4, -0.2) is 40.3 Å². The number of carbonyl (C=O) groups excluding carboxylic acids is 1. The van der Waals surface area contributed by atoms with Crippen LogP contribution in [0.25, 0.3) is 22.9 Å². The summed E-state index contributed by atoms with van der Waals surface area (Å²) >= 11 is 0. The normalized spacial score (nSPS) is 10.9. The number of aromatic nitrogens is 7. The van der Waals surface area contributed by atoms with Gasteiger partial charge in [-0.25, -0.2) is 9.67 Å². The van der Waals surface area contributed by atoms with E-state index < -0.39 is 0 Å². The number of fused-ring (bicyclic) bond motifs is 1. The second kappa shape index (κ2) is 6.97. The van der Waals surface area contributed by atoms with Crippen molar-refractivity contribution < 1.29 is 4.79 Å². The fourth-order valence-corrected chi connectivity index (χ4v) is 2.92. The highest BCUT2D eigenvalue weighted by molar-refractivity contribution is 6.03. The molecule has 4 heterocycles. The Morgan fingerprint density at radius 2 is 1.79 bits per heavy atom. The van der Waals surface area contributed by atoms with Gasteiger partial charge in [0.1, 0.15) is 0 Å². The van der Waals surface area contributed by atoms with E-state index in [4.69, 9.17) is 0 Å². The molecule has 1 aromatic carbocycles. The molecule has 0 unspecified atom stereocenters. The van der Waals surface area contributed by atoms with Gasteiger partial charge in [-0.3, -0.25) is 15.1 Å². The van der Waals surface area contributed by atoms with Crippen molar-refractivity contribution in [3.05, 3.63) is 84.9 Å². The first-order valence-corrected chi connectivity index (χ1v) is 8.82. The van der Waals surface area contributed by atoms with E-state index in [9.17, 15) is 4.79 Å². The standard InChI is InChI=1S/C20H14N8O/c29-18(14-5-7-15(8-6-14)27-13-3-11-23-27)24-19-25-20-22-12-9-17(28(20)26-19)16-4-1-2-10-21-16/h1-13H,(H,24,26,29). The van der Waals surface area contributed by atoms with Gasteiger partial charge in [-0.1, -0.05) is 6.07 Å². The topological polar surface area (TPSA) is 103 Å². The first-order valence-electron chi connectivity index (χ1n) is 8.82. The van der Waals surface area contributed by atoms with Crippen LogP contribution in [0.3, 0.4) is 0 Å². The van der Waals surface area contributed by atoms with Gasteiger partial charge in [0.05, 0.1) is 17.1 Å². The molecule has 1 N–H and O–H groups in total. The predicted octanol–water partition coefficient (Wildman–Crippen LogP) is 2.62. The van der Waals surface area contributed by atoms with E-state index in [1.54, 1.807) is 46.0 Å². The lowest BCUT2D eigenvalue weighted by atomic mass is 10.2. The molecule has 0 saturated heterocycles. The Kier molecular flexibility index (Phi) is 4.02. The Hall–Kier alpha value is -4.40. The number of anilines is 1. The van der Waals surface area contributed by atoms with Gasteiger partial charge in [-0.05, 0) is 48.5 Å². The first kappa shape index (κ1) is 16.8. The van der Waals surface area contributed by atoms with E-state index in [1.807, 2.05) is 42.6 Å². The van der Waals surface area contributed by atoms with Crippen LogP contribution in [-0.2, 0) is 0 Å². The molecule has 140 valence electrons. The first-order chi connectivity index (χ1) is 14.3. The number of carbonyl (C=O) groups is 1. The second-order valence-electron chi connectivity index (χ2n) is 6.14. The number of hydrogen-bond acceptors (Lipinski definition) is 6. The lowest BCUT2D eigenvalue weighted by Gasteiger charge is -2.04. The van der Waals surface area contributed by atoms with E-state index >= 15 is 0 Å². The maximum Gasteiger partial charge on any atom is 0.258 e. The van der Waals surface area contributed by atoms with Crippen molar-refractivity contribution in [2.75, 3.05) is 5.32 Å². The molecular formula is C20H14N8O. The van der Waals surface area contributed by atoms with Gasteiger partial charge in [-0.2, -0.15) is 14.6 Å². The van der Waals surface area contributed by atoms with E-state index in [-0.39, 0.29) is 11.9 Å². The van der Waals surface area contributed by atoms with Gasteiger partial charge in [0, 0.05) is 30.4 Å². The molecule has 0 atom stereocenters. The summed E-state index contributed by atoms with van der Waals surface area (Å²) in [5, 5.41) is 11.3. The smallest absolute Gasteiger partial charge is 0.258 e. The van der Waals surface area contributed by atoms with Crippen LogP contribution in [0.15, 0.2) is 79.4 Å². The monoisotopic (exact) mass is 382 g/mol. The Labute approximate surface area is 164 Å². The van der Waals surface area contributed by atoms with Crippen molar-refractivity contribution in [3.8, 4) is 17.1 Å². The van der Waals surface area contributed by atoms with Gasteiger partial charge in [-0.15, -0.1) is 5.10 Å². The summed E-state index contributed by atoms with van der Waals surface area (Å²) in [5.41, 5.74) is 2.81. The van der Waals surface area contributed by atoms with Gasteiger partial charge in [0.15, 0.2) is 0 Å². The summed E-state index contributed by atoms with van der Waals surface area (Å²) < 4.78 is 3.27. The van der Waals surface area contributed by atoms with Gasteiger partial charge < -0.3 is 0 Å². The third kappa shape index (κ3) is 3.21. The van der Waals surface area contributed by atoms with Crippen molar-refractivity contribution in [1.82, 2.24) is 34.3 Å². The maximum absolute atomic E-state index is 12.6. The summed E-state index contributed by atoms with van der Waals surface area (Å²) in [6, 6.07) is 16.3. The molecule has 1 amide bonds. The largest absolute Gasteiger partial charge is 0.289 e.